The molecule has 1 spiro atoms. The van der Waals surface area contributed by atoms with E-state index in [2.05, 4.69) is 35.6 Å². The van der Waals surface area contributed by atoms with E-state index in [9.17, 15) is 0 Å². The van der Waals surface area contributed by atoms with Crippen LogP contribution in [-0.4, -0.2) is 12.1 Å². The van der Waals surface area contributed by atoms with Crippen LogP contribution in [0.15, 0.2) is 30.3 Å². The third-order valence-corrected chi connectivity index (χ3v) is 4.51. The smallest absolute Gasteiger partial charge is 0.0250 e. The maximum Gasteiger partial charge on any atom is 0.0250 e. The molecule has 1 nitrogen and oxygen atoms in total. The van der Waals surface area contributed by atoms with Crippen molar-refractivity contribution in [2.75, 3.05) is 6.54 Å². The van der Waals surface area contributed by atoms with Crippen LogP contribution in [0.1, 0.15) is 50.0 Å². The van der Waals surface area contributed by atoms with Crippen molar-refractivity contribution in [3.63, 3.8) is 0 Å². The minimum absolute atomic E-state index is 0.444. The number of hydrogen-bond acceptors (Lipinski definition) is 1. The minimum Gasteiger partial charge on any atom is -0.311 e. The molecule has 1 saturated carbocycles. The Balaban J connectivity index is 1.91. The summed E-state index contributed by atoms with van der Waals surface area (Å²) in [5, 5.41) is 3.82. The van der Waals surface area contributed by atoms with Crippen molar-refractivity contribution >= 4 is 0 Å². The van der Waals surface area contributed by atoms with Gasteiger partial charge in [-0.25, -0.2) is 0 Å². The van der Waals surface area contributed by atoms with Crippen molar-refractivity contribution in [3.8, 4) is 0 Å². The van der Waals surface area contributed by atoms with Gasteiger partial charge < -0.3 is 5.32 Å². The zero-order chi connectivity index (χ0) is 10.8. The van der Waals surface area contributed by atoms with Crippen LogP contribution in [0, 0.1) is 0 Å². The van der Waals surface area contributed by atoms with Gasteiger partial charge in [-0.3, -0.25) is 0 Å². The van der Waals surface area contributed by atoms with E-state index in [0.717, 1.165) is 5.92 Å². The fourth-order valence-corrected chi connectivity index (χ4v) is 3.75. The standard InChI is InChI=1S/C15H21N/c1-2-7-13(8-3-1)14-9-4-5-10-15(14)11-6-12-16-15/h1-3,7-8,14,16H,4-6,9-12H2/t14-,15-/m1/s1. The van der Waals surface area contributed by atoms with Crippen LogP contribution in [0.5, 0.6) is 0 Å². The Hall–Kier alpha value is -0.820. The topological polar surface area (TPSA) is 12.0 Å². The summed E-state index contributed by atoms with van der Waals surface area (Å²) in [6.45, 7) is 1.23. The van der Waals surface area contributed by atoms with E-state index in [1.54, 1.807) is 5.56 Å². The van der Waals surface area contributed by atoms with Crippen LogP contribution < -0.4 is 5.32 Å². The summed E-state index contributed by atoms with van der Waals surface area (Å²) in [5.74, 6) is 0.755. The molecule has 0 bridgehead atoms. The van der Waals surface area contributed by atoms with E-state index < -0.39 is 0 Å². The van der Waals surface area contributed by atoms with Crippen molar-refractivity contribution in [1.82, 2.24) is 5.32 Å². The third-order valence-electron chi connectivity index (χ3n) is 4.51. The lowest BCUT2D eigenvalue weighted by molar-refractivity contribution is 0.222. The molecule has 1 aromatic rings. The summed E-state index contributed by atoms with van der Waals surface area (Å²) >= 11 is 0. The van der Waals surface area contributed by atoms with Crippen LogP contribution in [0.3, 0.4) is 0 Å². The largest absolute Gasteiger partial charge is 0.311 e. The highest BCUT2D eigenvalue weighted by Crippen LogP contribution is 2.45. The molecule has 1 heterocycles. The molecule has 16 heavy (non-hydrogen) atoms. The summed E-state index contributed by atoms with van der Waals surface area (Å²) < 4.78 is 0. The second kappa shape index (κ2) is 4.21. The van der Waals surface area contributed by atoms with Gasteiger partial charge in [0.05, 0.1) is 0 Å². The van der Waals surface area contributed by atoms with E-state index in [1.165, 1.54) is 45.1 Å². The maximum absolute atomic E-state index is 3.82. The van der Waals surface area contributed by atoms with Crippen molar-refractivity contribution in [2.45, 2.75) is 50.0 Å². The molecule has 1 saturated heterocycles. The number of benzene rings is 1. The van der Waals surface area contributed by atoms with Gasteiger partial charge in [-0.2, -0.15) is 0 Å². The monoisotopic (exact) mass is 215 g/mol. The van der Waals surface area contributed by atoms with Gasteiger partial charge in [0.1, 0.15) is 0 Å². The molecule has 0 amide bonds. The molecule has 1 aliphatic heterocycles. The fraction of sp³-hybridized carbons (Fsp3) is 0.600. The lowest BCUT2D eigenvalue weighted by atomic mass is 9.69. The molecule has 3 rings (SSSR count). The molecule has 0 radical (unpaired) electrons. The minimum atomic E-state index is 0.444. The van der Waals surface area contributed by atoms with Gasteiger partial charge in [-0.05, 0) is 37.8 Å². The second-order valence-electron chi connectivity index (χ2n) is 5.40. The fourth-order valence-electron chi connectivity index (χ4n) is 3.75. The Morgan fingerprint density at radius 1 is 1.00 bits per heavy atom. The summed E-state index contributed by atoms with van der Waals surface area (Å²) in [4.78, 5) is 0. The van der Waals surface area contributed by atoms with Crippen LogP contribution >= 0.6 is 0 Å². The predicted molar refractivity (Wildman–Crippen MR) is 67.6 cm³/mol. The summed E-state index contributed by atoms with van der Waals surface area (Å²) in [6.07, 6.45) is 8.32. The van der Waals surface area contributed by atoms with E-state index in [0.29, 0.717) is 5.54 Å². The lowest BCUT2D eigenvalue weighted by Gasteiger charge is -2.42. The molecule has 2 aliphatic rings. The molecule has 0 unspecified atom stereocenters. The van der Waals surface area contributed by atoms with E-state index >= 15 is 0 Å². The quantitative estimate of drug-likeness (QED) is 0.756. The SMILES string of the molecule is c1ccc([C@H]2CCCC[C@@]23CCCN3)cc1. The van der Waals surface area contributed by atoms with Crippen LogP contribution in [-0.2, 0) is 0 Å². The molecule has 1 N–H and O–H groups in total. The van der Waals surface area contributed by atoms with Gasteiger partial charge in [-0.1, -0.05) is 43.2 Å². The van der Waals surface area contributed by atoms with E-state index in [1.807, 2.05) is 0 Å². The highest BCUT2D eigenvalue weighted by Gasteiger charge is 2.42. The first kappa shape index (κ1) is 10.3. The first-order chi connectivity index (χ1) is 7.91. The Bertz CT molecular complexity index is 338. The van der Waals surface area contributed by atoms with Gasteiger partial charge >= 0.3 is 0 Å². The predicted octanol–water partition coefficient (Wildman–Crippen LogP) is 3.47. The van der Waals surface area contributed by atoms with Crippen LogP contribution in [0.4, 0.5) is 0 Å². The zero-order valence-electron chi connectivity index (χ0n) is 9.91. The normalized spacial score (nSPS) is 34.4. The van der Waals surface area contributed by atoms with Gasteiger partial charge in [0, 0.05) is 11.5 Å². The zero-order valence-corrected chi connectivity index (χ0v) is 9.91. The number of rotatable bonds is 1. The van der Waals surface area contributed by atoms with Crippen molar-refractivity contribution < 1.29 is 0 Å². The first-order valence-corrected chi connectivity index (χ1v) is 6.71. The summed E-state index contributed by atoms with van der Waals surface area (Å²) in [6, 6.07) is 11.1. The molecule has 1 aliphatic carbocycles. The Morgan fingerprint density at radius 3 is 2.56 bits per heavy atom. The molecule has 2 atom stereocenters. The molecule has 0 aromatic heterocycles. The van der Waals surface area contributed by atoms with E-state index in [4.69, 9.17) is 0 Å². The third kappa shape index (κ3) is 1.67. The number of nitrogens with one attached hydrogen (secondary N) is 1. The van der Waals surface area contributed by atoms with Crippen LogP contribution in [0.25, 0.3) is 0 Å². The van der Waals surface area contributed by atoms with Gasteiger partial charge in [0.25, 0.3) is 0 Å². The van der Waals surface area contributed by atoms with E-state index in [-0.39, 0.29) is 0 Å². The average molecular weight is 215 g/mol. The highest BCUT2D eigenvalue weighted by atomic mass is 15.0. The molecule has 1 heteroatoms. The van der Waals surface area contributed by atoms with Crippen molar-refractivity contribution in [2.24, 2.45) is 0 Å². The lowest BCUT2D eigenvalue weighted by Crippen LogP contribution is -2.47. The van der Waals surface area contributed by atoms with Crippen molar-refractivity contribution in [1.29, 1.82) is 0 Å². The Labute approximate surface area is 98.3 Å². The maximum atomic E-state index is 3.82. The molecule has 2 fully saturated rings. The summed E-state index contributed by atoms with van der Waals surface area (Å²) in [5.41, 5.74) is 2.00. The second-order valence-corrected chi connectivity index (χ2v) is 5.40. The Kier molecular flexibility index (Phi) is 2.72. The Morgan fingerprint density at radius 2 is 1.81 bits per heavy atom. The van der Waals surface area contributed by atoms with Gasteiger partial charge in [-0.15, -0.1) is 0 Å². The molecule has 86 valence electrons. The van der Waals surface area contributed by atoms with Gasteiger partial charge in [0.2, 0.25) is 0 Å². The van der Waals surface area contributed by atoms with Gasteiger partial charge in [0.15, 0.2) is 0 Å². The highest BCUT2D eigenvalue weighted by molar-refractivity contribution is 5.25. The number of hydrogen-bond donors (Lipinski definition) is 1. The van der Waals surface area contributed by atoms with Crippen LogP contribution in [0.2, 0.25) is 0 Å². The first-order valence-electron chi connectivity index (χ1n) is 6.71. The molecular formula is C15H21N. The molecule has 1 aromatic carbocycles. The molecular weight excluding hydrogens is 194 g/mol. The average Bonchev–Trinajstić information content (AvgIpc) is 2.80. The summed E-state index contributed by atoms with van der Waals surface area (Å²) in [7, 11) is 0. The van der Waals surface area contributed by atoms with Crippen molar-refractivity contribution in [3.05, 3.63) is 35.9 Å².